The lowest BCUT2D eigenvalue weighted by atomic mass is 10.0. The first-order valence-corrected chi connectivity index (χ1v) is 18.9. The number of hydrogen-bond donors (Lipinski definition) is 0. The molecule has 0 saturated heterocycles. The van der Waals surface area contributed by atoms with Crippen LogP contribution in [0, 0.1) is 0 Å². The summed E-state index contributed by atoms with van der Waals surface area (Å²) in [5.74, 6) is 0.984. The van der Waals surface area contributed by atoms with Crippen LogP contribution in [-0.2, 0) is 0 Å². The quantitative estimate of drug-likeness (QED) is 0.158. The highest BCUT2D eigenvalue weighted by molar-refractivity contribution is 6.14. The maximum Gasteiger partial charge on any atom is 0.136 e. The molecule has 0 spiro atoms. The van der Waals surface area contributed by atoms with E-state index in [1.165, 1.54) is 38.7 Å². The number of hydrogen-bond acceptors (Lipinski definition) is 3. The third-order valence-electron chi connectivity index (χ3n) is 10.8. The molecule has 0 atom stereocenters. The molecule has 1 aliphatic carbocycles. The van der Waals surface area contributed by atoms with Crippen LogP contribution in [0.2, 0.25) is 0 Å². The van der Waals surface area contributed by atoms with Crippen molar-refractivity contribution in [1.82, 2.24) is 0 Å². The Morgan fingerprint density at radius 1 is 0.472 bits per heavy atom. The van der Waals surface area contributed by atoms with Crippen LogP contribution in [0.5, 0.6) is 0 Å². The van der Waals surface area contributed by atoms with Crippen LogP contribution in [0.3, 0.4) is 0 Å². The SMILES string of the molecule is CC(C)c1ccc(N(C2=CC=CCC2)c2ccc3cc4c(cc3c2)oc2cc3cc(N(c5ccccc5)c5ccc(C(C)C)cc5)ccc3cc24)cc1. The van der Waals surface area contributed by atoms with Crippen LogP contribution in [-0.4, -0.2) is 0 Å². The average molecular weight is 689 g/mol. The molecule has 9 rings (SSSR count). The molecule has 8 aromatic rings. The van der Waals surface area contributed by atoms with E-state index in [2.05, 4.69) is 195 Å². The maximum atomic E-state index is 6.66. The number of allylic oxidation sites excluding steroid dienone is 4. The third-order valence-corrected chi connectivity index (χ3v) is 10.8. The van der Waals surface area contributed by atoms with Gasteiger partial charge in [0, 0.05) is 44.9 Å². The van der Waals surface area contributed by atoms with Crippen molar-refractivity contribution in [3.8, 4) is 0 Å². The highest BCUT2D eigenvalue weighted by atomic mass is 16.3. The lowest BCUT2D eigenvalue weighted by Crippen LogP contribution is -2.17. The molecule has 3 nitrogen and oxygen atoms in total. The van der Waals surface area contributed by atoms with Crippen molar-refractivity contribution in [2.75, 3.05) is 9.80 Å². The van der Waals surface area contributed by atoms with Crippen molar-refractivity contribution >= 4 is 71.9 Å². The standard InChI is InChI=1S/C50H44N2O/c1-33(2)35-15-21-43(22-16-35)51(41-11-7-5-8-12-41)45-25-19-37-29-47-48-30-38-20-26-46(28-40(38)32-50(48)53-49(47)31-39(37)27-45)52(42-13-9-6-10-14-42)44-23-17-36(18-24-44)34(3)4/h5-9,11-13,15-34H,10,14H2,1-4H3. The van der Waals surface area contributed by atoms with Crippen molar-refractivity contribution < 1.29 is 4.42 Å². The molecule has 0 bridgehead atoms. The zero-order valence-electron chi connectivity index (χ0n) is 30.9. The molecule has 0 unspecified atom stereocenters. The van der Waals surface area contributed by atoms with Gasteiger partial charge in [-0.1, -0.05) is 94.4 Å². The Hall–Kier alpha value is -6.06. The normalized spacial score (nSPS) is 13.1. The van der Waals surface area contributed by atoms with Crippen molar-refractivity contribution in [3.05, 3.63) is 175 Å². The van der Waals surface area contributed by atoms with Gasteiger partial charge in [0.15, 0.2) is 0 Å². The molecular formula is C50H44N2O. The summed E-state index contributed by atoms with van der Waals surface area (Å²) < 4.78 is 6.66. The van der Waals surface area contributed by atoms with Gasteiger partial charge in [-0.3, -0.25) is 0 Å². The van der Waals surface area contributed by atoms with E-state index in [0.29, 0.717) is 11.8 Å². The highest BCUT2D eigenvalue weighted by Gasteiger charge is 2.19. The van der Waals surface area contributed by atoms with E-state index in [9.17, 15) is 0 Å². The van der Waals surface area contributed by atoms with E-state index in [1.54, 1.807) is 0 Å². The third kappa shape index (κ3) is 6.17. The minimum Gasteiger partial charge on any atom is -0.456 e. The first-order chi connectivity index (χ1) is 25.9. The minimum absolute atomic E-state index is 0.486. The molecule has 0 N–H and O–H groups in total. The Balaban J connectivity index is 1.12. The van der Waals surface area contributed by atoms with Crippen molar-refractivity contribution in [3.63, 3.8) is 0 Å². The van der Waals surface area contributed by atoms with Crippen LogP contribution < -0.4 is 9.80 Å². The lowest BCUT2D eigenvalue weighted by molar-refractivity contribution is 0.670. The second kappa shape index (κ2) is 13.5. The molecule has 1 aromatic heterocycles. The highest BCUT2D eigenvalue weighted by Crippen LogP contribution is 2.41. The van der Waals surface area contributed by atoms with E-state index < -0.39 is 0 Å². The second-order valence-corrected chi connectivity index (χ2v) is 15.0. The number of para-hydroxylation sites is 1. The molecule has 1 aliphatic rings. The smallest absolute Gasteiger partial charge is 0.136 e. The Bertz CT molecular complexity index is 2660. The zero-order chi connectivity index (χ0) is 36.1. The van der Waals surface area contributed by atoms with Gasteiger partial charge < -0.3 is 14.2 Å². The van der Waals surface area contributed by atoms with Crippen molar-refractivity contribution in [1.29, 1.82) is 0 Å². The summed E-state index contributed by atoms with van der Waals surface area (Å²) >= 11 is 0. The Labute approximate surface area is 312 Å². The molecular weight excluding hydrogens is 645 g/mol. The molecule has 260 valence electrons. The van der Waals surface area contributed by atoms with Gasteiger partial charge in [0.2, 0.25) is 0 Å². The average Bonchev–Trinajstić information content (AvgIpc) is 3.53. The number of fused-ring (bicyclic) bond motifs is 5. The number of benzene rings is 7. The molecule has 1 heterocycles. The predicted molar refractivity (Wildman–Crippen MR) is 227 cm³/mol. The molecule has 0 amide bonds. The minimum atomic E-state index is 0.486. The van der Waals surface area contributed by atoms with Gasteiger partial charge in [-0.05, 0) is 148 Å². The van der Waals surface area contributed by atoms with Crippen LogP contribution in [0.4, 0.5) is 28.4 Å². The molecule has 0 fully saturated rings. The first kappa shape index (κ1) is 32.8. The topological polar surface area (TPSA) is 19.6 Å². The van der Waals surface area contributed by atoms with Crippen LogP contribution in [0.1, 0.15) is 63.5 Å². The molecule has 0 saturated carbocycles. The zero-order valence-corrected chi connectivity index (χ0v) is 30.9. The monoisotopic (exact) mass is 688 g/mol. The molecule has 7 aromatic carbocycles. The largest absolute Gasteiger partial charge is 0.456 e. The van der Waals surface area contributed by atoms with Crippen molar-refractivity contribution in [2.45, 2.75) is 52.4 Å². The maximum absolute atomic E-state index is 6.66. The van der Waals surface area contributed by atoms with E-state index in [0.717, 1.165) is 62.9 Å². The van der Waals surface area contributed by atoms with Crippen molar-refractivity contribution in [2.24, 2.45) is 0 Å². The van der Waals surface area contributed by atoms with Crippen LogP contribution in [0.25, 0.3) is 43.5 Å². The first-order valence-electron chi connectivity index (χ1n) is 18.9. The van der Waals surface area contributed by atoms with Gasteiger partial charge in [-0.15, -0.1) is 0 Å². The summed E-state index contributed by atoms with van der Waals surface area (Å²) in [5.41, 5.74) is 11.5. The van der Waals surface area contributed by atoms with Gasteiger partial charge in [0.25, 0.3) is 0 Å². The van der Waals surface area contributed by atoms with Gasteiger partial charge in [0.05, 0.1) is 0 Å². The summed E-state index contributed by atoms with van der Waals surface area (Å²) in [6.07, 6.45) is 8.74. The second-order valence-electron chi connectivity index (χ2n) is 15.0. The van der Waals surface area contributed by atoms with E-state index in [1.807, 2.05) is 0 Å². The summed E-state index contributed by atoms with van der Waals surface area (Å²) in [6.45, 7) is 8.97. The fourth-order valence-corrected chi connectivity index (χ4v) is 7.81. The Morgan fingerprint density at radius 3 is 1.47 bits per heavy atom. The fourth-order valence-electron chi connectivity index (χ4n) is 7.81. The molecule has 53 heavy (non-hydrogen) atoms. The van der Waals surface area contributed by atoms with Gasteiger partial charge >= 0.3 is 0 Å². The fraction of sp³-hybridized carbons (Fsp3) is 0.160. The summed E-state index contributed by atoms with van der Waals surface area (Å²) in [7, 11) is 0. The number of anilines is 5. The molecule has 0 radical (unpaired) electrons. The summed E-state index contributed by atoms with van der Waals surface area (Å²) in [6, 6.07) is 51.2. The van der Waals surface area contributed by atoms with Gasteiger partial charge in [-0.25, -0.2) is 0 Å². The lowest BCUT2D eigenvalue weighted by Gasteiger charge is -2.29. The van der Waals surface area contributed by atoms with E-state index >= 15 is 0 Å². The number of nitrogens with zero attached hydrogens (tertiary/aromatic N) is 2. The number of furan rings is 1. The van der Waals surface area contributed by atoms with Crippen LogP contribution in [0.15, 0.2) is 168 Å². The number of rotatable bonds is 8. The van der Waals surface area contributed by atoms with Gasteiger partial charge in [0.1, 0.15) is 11.2 Å². The predicted octanol–water partition coefficient (Wildman–Crippen LogP) is 15.0. The van der Waals surface area contributed by atoms with E-state index in [4.69, 9.17) is 4.42 Å². The van der Waals surface area contributed by atoms with Gasteiger partial charge in [-0.2, -0.15) is 0 Å². The van der Waals surface area contributed by atoms with Crippen LogP contribution >= 0.6 is 0 Å². The van der Waals surface area contributed by atoms with E-state index in [-0.39, 0.29) is 0 Å². The Morgan fingerprint density at radius 2 is 0.962 bits per heavy atom. The summed E-state index contributed by atoms with van der Waals surface area (Å²) in [5, 5.41) is 6.99. The summed E-state index contributed by atoms with van der Waals surface area (Å²) in [4.78, 5) is 4.75. The Kier molecular flexibility index (Phi) is 8.35. The molecule has 0 aliphatic heterocycles. The molecule has 3 heteroatoms.